The smallest absolute Gasteiger partial charge is 0.326 e. The molecule has 0 radical (unpaired) electrons. The molecule has 0 aromatic rings. The Morgan fingerprint density at radius 1 is 1.47 bits per heavy atom. The predicted octanol–water partition coefficient (Wildman–Crippen LogP) is 1.13. The Hall–Kier alpha value is -0.593. The van der Waals surface area contributed by atoms with Crippen LogP contribution < -0.4 is 0 Å². The van der Waals surface area contributed by atoms with Crippen molar-refractivity contribution in [1.82, 2.24) is 4.90 Å². The maximum Gasteiger partial charge on any atom is 0.326 e. The highest BCUT2D eigenvalue weighted by Crippen LogP contribution is 2.23. The fourth-order valence-corrected chi connectivity index (χ4v) is 3.29. The lowest BCUT2D eigenvalue weighted by Gasteiger charge is -2.23. The van der Waals surface area contributed by atoms with Gasteiger partial charge in [-0.3, -0.25) is 4.79 Å². The summed E-state index contributed by atoms with van der Waals surface area (Å²) >= 11 is 5.47. The molecule has 5 nitrogen and oxygen atoms in total. The number of rotatable bonds is 4. The highest BCUT2D eigenvalue weighted by molar-refractivity contribution is 6.69. The van der Waals surface area contributed by atoms with Gasteiger partial charge < -0.3 is 14.4 Å². The molecule has 1 N–H and O–H groups in total. The van der Waals surface area contributed by atoms with Gasteiger partial charge in [0.1, 0.15) is 11.9 Å². The lowest BCUT2D eigenvalue weighted by Crippen LogP contribution is -2.41. The van der Waals surface area contributed by atoms with Crippen molar-refractivity contribution in [1.29, 1.82) is 0 Å². The second-order valence-electron chi connectivity index (χ2n) is 5.12. The molecule has 1 amide bonds. The molecule has 1 saturated heterocycles. The number of likely N-dealkylation sites (tertiary alicyclic amines) is 1. The van der Waals surface area contributed by atoms with Crippen molar-refractivity contribution in [3.8, 4) is 0 Å². The van der Waals surface area contributed by atoms with E-state index in [1.807, 2.05) is 19.6 Å². The molecule has 0 aromatic carbocycles. The number of hydrogen-bond donors (Lipinski definition) is 1. The summed E-state index contributed by atoms with van der Waals surface area (Å²) in [5, 5.41) is 9.06. The highest BCUT2D eigenvalue weighted by Gasteiger charge is 2.41. The molecule has 7 heteroatoms. The van der Waals surface area contributed by atoms with E-state index >= 15 is 0 Å². The Bertz CT molecular complexity index is 318. The van der Waals surface area contributed by atoms with Crippen LogP contribution in [0.3, 0.4) is 0 Å². The van der Waals surface area contributed by atoms with Crippen LogP contribution in [0.4, 0.5) is 0 Å². The third-order valence-electron chi connectivity index (χ3n) is 2.50. The standard InChI is InChI=1S/C10H18ClNO4Si/c1-17(2,3)16-7-4-8(10(14)15)12(6-7)9(13)5-11/h7-8H,4-6H2,1-3H3,(H,14,15)/t7-,8+/m1/s1. The summed E-state index contributed by atoms with van der Waals surface area (Å²) in [6, 6.07) is -0.803. The van der Waals surface area contributed by atoms with Crippen LogP contribution in [0.15, 0.2) is 0 Å². The SMILES string of the molecule is C[Si](C)(C)O[C@@H]1C[C@@H](C(=O)O)N(C(=O)CCl)C1. The molecule has 0 bridgehead atoms. The van der Waals surface area contributed by atoms with E-state index in [0.29, 0.717) is 13.0 Å². The van der Waals surface area contributed by atoms with Crippen molar-refractivity contribution in [2.75, 3.05) is 12.4 Å². The Labute approximate surface area is 107 Å². The maximum atomic E-state index is 11.5. The van der Waals surface area contributed by atoms with Crippen LogP contribution >= 0.6 is 11.6 Å². The fraction of sp³-hybridized carbons (Fsp3) is 0.800. The summed E-state index contributed by atoms with van der Waals surface area (Å²) in [4.78, 5) is 23.9. The molecule has 17 heavy (non-hydrogen) atoms. The summed E-state index contributed by atoms with van der Waals surface area (Å²) < 4.78 is 5.84. The number of carboxylic acids is 1. The number of carboxylic acid groups (broad SMARTS) is 1. The molecule has 1 fully saturated rings. The zero-order chi connectivity index (χ0) is 13.2. The Kier molecular flexibility index (Phi) is 4.57. The number of carbonyl (C=O) groups is 2. The number of amides is 1. The first-order valence-electron chi connectivity index (χ1n) is 5.50. The molecular weight excluding hydrogens is 262 g/mol. The molecule has 0 saturated carbocycles. The molecule has 1 rings (SSSR count). The summed E-state index contributed by atoms with van der Waals surface area (Å²) in [5.74, 6) is -1.53. The molecule has 98 valence electrons. The van der Waals surface area contributed by atoms with Gasteiger partial charge in [0.05, 0.1) is 6.10 Å². The average Bonchev–Trinajstić information content (AvgIpc) is 2.57. The van der Waals surface area contributed by atoms with Crippen molar-refractivity contribution < 1.29 is 19.1 Å². The van der Waals surface area contributed by atoms with Crippen LogP contribution in [-0.2, 0) is 14.0 Å². The lowest BCUT2D eigenvalue weighted by molar-refractivity contribution is -0.147. The quantitative estimate of drug-likeness (QED) is 0.619. The monoisotopic (exact) mass is 279 g/mol. The Balaban J connectivity index is 2.72. The van der Waals surface area contributed by atoms with Crippen molar-refractivity contribution in [2.24, 2.45) is 0 Å². The molecule has 1 aliphatic rings. The minimum absolute atomic E-state index is 0.185. The van der Waals surface area contributed by atoms with Crippen molar-refractivity contribution >= 4 is 31.8 Å². The van der Waals surface area contributed by atoms with Gasteiger partial charge in [-0.2, -0.15) is 0 Å². The van der Waals surface area contributed by atoms with Gasteiger partial charge in [-0.25, -0.2) is 4.79 Å². The lowest BCUT2D eigenvalue weighted by atomic mass is 10.2. The van der Waals surface area contributed by atoms with Gasteiger partial charge >= 0.3 is 5.97 Å². The first-order valence-corrected chi connectivity index (χ1v) is 9.45. The number of aliphatic carboxylic acids is 1. The zero-order valence-corrected chi connectivity index (χ0v) is 12.0. The Morgan fingerprint density at radius 3 is 2.47 bits per heavy atom. The third kappa shape index (κ3) is 3.97. The summed E-state index contributed by atoms with van der Waals surface area (Å²) in [6.07, 6.45) is 0.164. The number of alkyl halides is 1. The molecule has 2 atom stereocenters. The van der Waals surface area contributed by atoms with Gasteiger partial charge in [-0.15, -0.1) is 11.6 Å². The summed E-state index contributed by atoms with van der Waals surface area (Å²) in [5.41, 5.74) is 0. The van der Waals surface area contributed by atoms with Gasteiger partial charge in [-0.05, 0) is 19.6 Å². The second-order valence-corrected chi connectivity index (χ2v) is 9.85. The average molecular weight is 280 g/mol. The van der Waals surface area contributed by atoms with Crippen LogP contribution in [-0.4, -0.2) is 54.8 Å². The highest BCUT2D eigenvalue weighted by atomic mass is 35.5. The minimum atomic E-state index is -1.73. The topological polar surface area (TPSA) is 66.8 Å². The van der Waals surface area contributed by atoms with Gasteiger partial charge in [0.25, 0.3) is 0 Å². The number of hydrogen-bond acceptors (Lipinski definition) is 3. The van der Waals surface area contributed by atoms with Gasteiger partial charge in [0, 0.05) is 13.0 Å². The maximum absolute atomic E-state index is 11.5. The van der Waals surface area contributed by atoms with E-state index in [1.165, 1.54) is 4.90 Å². The van der Waals surface area contributed by atoms with Crippen molar-refractivity contribution in [3.05, 3.63) is 0 Å². The van der Waals surface area contributed by atoms with Crippen LogP contribution in [0.5, 0.6) is 0 Å². The third-order valence-corrected chi connectivity index (χ3v) is 3.77. The van der Waals surface area contributed by atoms with Gasteiger partial charge in [0.15, 0.2) is 8.32 Å². The first-order chi connectivity index (χ1) is 7.74. The molecule has 1 heterocycles. The minimum Gasteiger partial charge on any atom is -0.480 e. The Morgan fingerprint density at radius 2 is 2.06 bits per heavy atom. The number of halogens is 1. The van der Waals surface area contributed by atoms with Crippen LogP contribution in [0, 0.1) is 0 Å². The van der Waals surface area contributed by atoms with Gasteiger partial charge in [0.2, 0.25) is 5.91 Å². The molecule has 0 aromatic heterocycles. The van der Waals surface area contributed by atoms with E-state index < -0.39 is 20.3 Å². The van der Waals surface area contributed by atoms with E-state index in [0.717, 1.165) is 0 Å². The van der Waals surface area contributed by atoms with Crippen LogP contribution in [0.2, 0.25) is 19.6 Å². The van der Waals surface area contributed by atoms with E-state index in [1.54, 1.807) is 0 Å². The second kappa shape index (κ2) is 5.37. The largest absolute Gasteiger partial charge is 0.480 e. The molecule has 1 aliphatic heterocycles. The summed E-state index contributed by atoms with van der Waals surface area (Å²) in [6.45, 7) is 6.44. The molecule has 0 unspecified atom stereocenters. The van der Waals surface area contributed by atoms with Crippen LogP contribution in [0.25, 0.3) is 0 Å². The molecule has 0 spiro atoms. The van der Waals surface area contributed by atoms with E-state index in [2.05, 4.69) is 0 Å². The number of nitrogens with zero attached hydrogens (tertiary/aromatic N) is 1. The van der Waals surface area contributed by atoms with Crippen LogP contribution in [0.1, 0.15) is 6.42 Å². The van der Waals surface area contributed by atoms with E-state index in [-0.39, 0.29) is 17.9 Å². The molecular formula is C10H18ClNO4Si. The fourth-order valence-electron chi connectivity index (χ4n) is 1.97. The summed E-state index contributed by atoms with van der Waals surface area (Å²) in [7, 11) is -1.73. The normalized spacial score (nSPS) is 25.1. The first kappa shape index (κ1) is 14.5. The zero-order valence-electron chi connectivity index (χ0n) is 10.3. The molecule has 0 aliphatic carbocycles. The van der Waals surface area contributed by atoms with Crippen molar-refractivity contribution in [2.45, 2.75) is 38.2 Å². The van der Waals surface area contributed by atoms with E-state index in [9.17, 15) is 9.59 Å². The van der Waals surface area contributed by atoms with Crippen molar-refractivity contribution in [3.63, 3.8) is 0 Å². The predicted molar refractivity (Wildman–Crippen MR) is 66.7 cm³/mol. The number of carbonyl (C=O) groups excluding carboxylic acids is 1. The van der Waals surface area contributed by atoms with Gasteiger partial charge in [-0.1, -0.05) is 0 Å². The van der Waals surface area contributed by atoms with E-state index in [4.69, 9.17) is 21.1 Å².